The highest BCUT2D eigenvalue weighted by molar-refractivity contribution is 5.64. The smallest absolute Gasteiger partial charge is 0.119 e. The zero-order chi connectivity index (χ0) is 37.6. The molecule has 0 aromatic heterocycles. The summed E-state index contributed by atoms with van der Waals surface area (Å²) in [5.74, 6) is 1.95. The molecule has 0 saturated heterocycles. The van der Waals surface area contributed by atoms with E-state index in [0.717, 1.165) is 37.6 Å². The average molecular weight is 883 g/mol. The Bertz CT molecular complexity index is 1000. The van der Waals surface area contributed by atoms with Gasteiger partial charge in [0.1, 0.15) is 11.5 Å². The molecule has 0 atom stereocenters. The van der Waals surface area contributed by atoms with Crippen molar-refractivity contribution in [2.24, 2.45) is 0 Å². The molecule has 0 bridgehead atoms. The summed E-state index contributed by atoms with van der Waals surface area (Å²) in [7, 11) is 9.66. The van der Waals surface area contributed by atoms with Crippen molar-refractivity contribution in [1.29, 1.82) is 0 Å². The molecule has 0 saturated carbocycles. The number of rotatable bonds is 35. The van der Waals surface area contributed by atoms with Gasteiger partial charge in [-0.2, -0.15) is 0 Å². The van der Waals surface area contributed by atoms with E-state index in [9.17, 15) is 0 Å². The maximum atomic E-state index is 6.06. The minimum absolute atomic E-state index is 0. The van der Waals surface area contributed by atoms with Crippen LogP contribution >= 0.6 is 0 Å². The van der Waals surface area contributed by atoms with Crippen LogP contribution in [-0.4, -0.2) is 76.5 Å². The van der Waals surface area contributed by atoms with E-state index in [0.29, 0.717) is 0 Å². The van der Waals surface area contributed by atoms with Gasteiger partial charge in [-0.1, -0.05) is 128 Å². The van der Waals surface area contributed by atoms with Crippen LogP contribution in [0.1, 0.15) is 168 Å². The van der Waals surface area contributed by atoms with Crippen LogP contribution in [0.3, 0.4) is 0 Å². The highest BCUT2D eigenvalue weighted by Gasteiger charge is 2.14. The predicted molar refractivity (Wildman–Crippen MR) is 229 cm³/mol. The average Bonchev–Trinajstić information content (AvgIpc) is 3.13. The number of unbranched alkanes of at least 4 members (excludes halogenated alkanes) is 20. The minimum atomic E-state index is 0. The Morgan fingerprint density at radius 2 is 0.574 bits per heavy atom. The summed E-state index contributed by atoms with van der Waals surface area (Å²) in [5.41, 5.74) is 2.44. The molecule has 2 aromatic carbocycles. The van der Waals surface area contributed by atoms with E-state index in [4.69, 9.17) is 9.47 Å². The summed E-state index contributed by atoms with van der Waals surface area (Å²) >= 11 is 0. The van der Waals surface area contributed by atoms with Crippen molar-refractivity contribution in [2.45, 2.75) is 168 Å². The van der Waals surface area contributed by atoms with Gasteiger partial charge in [-0.25, -0.2) is 0 Å². The Hall–Kier alpha value is -1.08. The molecule has 0 amide bonds. The van der Waals surface area contributed by atoms with Crippen molar-refractivity contribution in [3.8, 4) is 22.6 Å². The van der Waals surface area contributed by atoms with E-state index in [-0.39, 0.29) is 34.0 Å². The molecule has 0 aliphatic heterocycles. The molecule has 0 radical (unpaired) electrons. The van der Waals surface area contributed by atoms with E-state index in [1.54, 1.807) is 0 Å². The van der Waals surface area contributed by atoms with Crippen LogP contribution in [0.5, 0.6) is 11.5 Å². The second kappa shape index (κ2) is 34.0. The molecule has 0 fully saturated rings. The van der Waals surface area contributed by atoms with Gasteiger partial charge in [0.25, 0.3) is 0 Å². The van der Waals surface area contributed by atoms with Crippen LogP contribution in [0, 0.1) is 0 Å². The molecule has 0 unspecified atom stereocenters. The van der Waals surface area contributed by atoms with Crippen LogP contribution < -0.4 is 43.4 Å². The van der Waals surface area contributed by atoms with Crippen molar-refractivity contribution in [2.75, 3.05) is 67.6 Å². The topological polar surface area (TPSA) is 18.5 Å². The van der Waals surface area contributed by atoms with Crippen LogP contribution in [0.25, 0.3) is 11.1 Å². The van der Waals surface area contributed by atoms with Crippen LogP contribution in [0.2, 0.25) is 0 Å². The van der Waals surface area contributed by atoms with E-state index in [2.05, 4.69) is 90.6 Å². The lowest BCUT2D eigenvalue weighted by Crippen LogP contribution is -3.00. The van der Waals surface area contributed by atoms with Crippen molar-refractivity contribution in [1.82, 2.24) is 0 Å². The molecular weight excluding hydrogens is 796 g/mol. The Morgan fingerprint density at radius 3 is 0.852 bits per heavy atom. The lowest BCUT2D eigenvalue weighted by Gasteiger charge is -2.30. The van der Waals surface area contributed by atoms with Gasteiger partial charge in [0.2, 0.25) is 0 Å². The molecular formula is C48H86Br2N2O2. The first-order valence-corrected chi connectivity index (χ1v) is 22.3. The predicted octanol–water partition coefficient (Wildman–Crippen LogP) is 7.67. The third-order valence-electron chi connectivity index (χ3n) is 11.1. The van der Waals surface area contributed by atoms with Gasteiger partial charge >= 0.3 is 0 Å². The first kappa shape index (κ1) is 52.9. The van der Waals surface area contributed by atoms with Crippen LogP contribution in [0.15, 0.2) is 48.5 Å². The maximum Gasteiger partial charge on any atom is 0.119 e. The standard InChI is InChI=1S/C48H86N2O2.2BrH/c1-7-9-11-25-39-49(3,4)41-27-21-17-13-15-19-23-29-43-51-47-35-31-45(32-36-47)46-33-37-48(38-34-46)52-44-30-24-20-16-14-18-22-28-42-50(5,6)40-26-12-10-8-2;;/h31-38H,7-30,39-44H2,1-6H3;2*1H/q+2;;/p-2. The van der Waals surface area contributed by atoms with Gasteiger partial charge in [0.05, 0.1) is 67.6 Å². The lowest BCUT2D eigenvalue weighted by molar-refractivity contribution is -0.890. The maximum absolute atomic E-state index is 6.06. The molecule has 4 nitrogen and oxygen atoms in total. The third-order valence-corrected chi connectivity index (χ3v) is 11.1. The van der Waals surface area contributed by atoms with Gasteiger partial charge in [0.15, 0.2) is 0 Å². The number of hydrogen-bond donors (Lipinski definition) is 0. The van der Waals surface area contributed by atoms with E-state index < -0.39 is 0 Å². The number of benzene rings is 2. The quantitative estimate of drug-likeness (QED) is 0.0523. The van der Waals surface area contributed by atoms with Crippen LogP contribution in [0.4, 0.5) is 0 Å². The summed E-state index contributed by atoms with van der Waals surface area (Å²) < 4.78 is 14.5. The molecule has 6 heteroatoms. The molecule has 2 aromatic rings. The zero-order valence-electron chi connectivity index (χ0n) is 36.3. The molecule has 0 spiro atoms. The molecule has 2 rings (SSSR count). The van der Waals surface area contributed by atoms with Gasteiger partial charge in [-0.15, -0.1) is 0 Å². The second-order valence-electron chi connectivity index (χ2n) is 17.3. The summed E-state index contributed by atoms with van der Waals surface area (Å²) in [6.07, 6.45) is 32.4. The second-order valence-corrected chi connectivity index (χ2v) is 17.3. The zero-order valence-corrected chi connectivity index (χ0v) is 39.5. The van der Waals surface area contributed by atoms with Crippen molar-refractivity contribution in [3.05, 3.63) is 48.5 Å². The van der Waals surface area contributed by atoms with E-state index >= 15 is 0 Å². The molecule has 0 aliphatic carbocycles. The first-order valence-electron chi connectivity index (χ1n) is 22.3. The fraction of sp³-hybridized carbons (Fsp3) is 0.750. The van der Waals surface area contributed by atoms with Crippen LogP contribution in [-0.2, 0) is 0 Å². The molecule has 54 heavy (non-hydrogen) atoms. The number of ether oxygens (including phenoxy) is 2. The van der Waals surface area contributed by atoms with Gasteiger partial charge in [-0.3, -0.25) is 0 Å². The van der Waals surface area contributed by atoms with Crippen molar-refractivity contribution >= 4 is 0 Å². The third kappa shape index (κ3) is 28.3. The SMILES string of the molecule is CCCCCC[N+](C)(C)CCCCCCCCCCOc1ccc(-c2ccc(OCCCCCCCCCC[N+](C)(C)CCCCCC)cc2)cc1.[Br-].[Br-]. The summed E-state index contributed by atoms with van der Waals surface area (Å²) in [4.78, 5) is 0. The van der Waals surface area contributed by atoms with E-state index in [1.807, 2.05) is 0 Å². The fourth-order valence-corrected chi connectivity index (χ4v) is 7.43. The summed E-state index contributed by atoms with van der Waals surface area (Å²) in [6, 6.07) is 17.1. The number of halogens is 2. The number of hydrogen-bond acceptors (Lipinski definition) is 2. The van der Waals surface area contributed by atoms with Gasteiger partial charge in [-0.05, 0) is 99.6 Å². The highest BCUT2D eigenvalue weighted by atomic mass is 79.9. The highest BCUT2D eigenvalue weighted by Crippen LogP contribution is 2.25. The molecule has 0 aliphatic rings. The van der Waals surface area contributed by atoms with Gasteiger partial charge in [0, 0.05) is 0 Å². The molecule has 0 N–H and O–H groups in total. The Morgan fingerprint density at radius 1 is 0.333 bits per heavy atom. The van der Waals surface area contributed by atoms with Crippen molar-refractivity contribution < 1.29 is 52.4 Å². The van der Waals surface area contributed by atoms with Gasteiger partial charge < -0.3 is 52.4 Å². The normalized spacial score (nSPS) is 11.6. The number of quaternary nitrogens is 2. The minimum Gasteiger partial charge on any atom is -1.00 e. The van der Waals surface area contributed by atoms with E-state index in [1.165, 1.54) is 188 Å². The monoisotopic (exact) mass is 881 g/mol. The summed E-state index contributed by atoms with van der Waals surface area (Å²) in [5, 5.41) is 0. The fourth-order valence-electron chi connectivity index (χ4n) is 7.43. The lowest BCUT2D eigenvalue weighted by atomic mass is 10.1. The molecule has 314 valence electrons. The largest absolute Gasteiger partial charge is 1.00 e. The number of nitrogens with zero attached hydrogens (tertiary/aromatic N) is 2. The first-order chi connectivity index (χ1) is 25.2. The van der Waals surface area contributed by atoms with Crippen molar-refractivity contribution in [3.63, 3.8) is 0 Å². The Labute approximate surface area is 357 Å². The molecule has 0 heterocycles. The summed E-state index contributed by atoms with van der Waals surface area (Å²) in [6.45, 7) is 11.6. The Kier molecular flexibility index (Phi) is 33.3. The Balaban J connectivity index is 0.0000140.